The number of benzene rings is 1. The van der Waals surface area contributed by atoms with Gasteiger partial charge in [-0.15, -0.1) is 0 Å². The Morgan fingerprint density at radius 2 is 1.31 bits per heavy atom. The third-order valence-corrected chi connectivity index (χ3v) is 2.38. The second-order valence-electron chi connectivity index (χ2n) is 3.13. The van der Waals surface area contributed by atoms with Gasteiger partial charge in [0.15, 0.2) is 11.5 Å². The molecule has 0 bridgehead atoms. The lowest BCUT2D eigenvalue weighted by atomic mass is 10.1. The summed E-state index contributed by atoms with van der Waals surface area (Å²) in [5.74, 6) is 0.136. The van der Waals surface area contributed by atoms with Gasteiger partial charge in [0.1, 0.15) is 0 Å². The molecule has 2 N–H and O–H groups in total. The van der Waals surface area contributed by atoms with Crippen LogP contribution in [0, 0.1) is 0 Å². The van der Waals surface area contributed by atoms with E-state index in [1.165, 1.54) is 21.3 Å². The lowest BCUT2D eigenvalue weighted by Gasteiger charge is -2.17. The number of rotatable bonds is 4. The average Bonchev–Trinajstić information content (AvgIpc) is 2.31. The summed E-state index contributed by atoms with van der Waals surface area (Å²) in [4.78, 5) is 0. The third kappa shape index (κ3) is 1.68. The Morgan fingerprint density at radius 1 is 0.812 bits per heavy atom. The molecule has 0 atom stereocenters. The van der Waals surface area contributed by atoms with Crippen LogP contribution in [0.5, 0.6) is 28.7 Å². The molecule has 0 aliphatic carbocycles. The van der Waals surface area contributed by atoms with Crippen LogP contribution in [0.2, 0.25) is 0 Å². The molecule has 0 amide bonds. The van der Waals surface area contributed by atoms with Crippen LogP contribution < -0.4 is 14.2 Å². The van der Waals surface area contributed by atoms with Crippen LogP contribution in [0.4, 0.5) is 0 Å². The SMILES string of the molecule is CCc1c(O)c(O)c(OC)c(OC)c1OC. The summed E-state index contributed by atoms with van der Waals surface area (Å²) in [6, 6.07) is 0. The number of methoxy groups -OCH3 is 3. The van der Waals surface area contributed by atoms with Crippen LogP contribution in [-0.4, -0.2) is 31.5 Å². The minimum Gasteiger partial charge on any atom is -0.504 e. The van der Waals surface area contributed by atoms with E-state index in [1.807, 2.05) is 6.92 Å². The van der Waals surface area contributed by atoms with Crippen molar-refractivity contribution in [3.05, 3.63) is 5.56 Å². The summed E-state index contributed by atoms with van der Waals surface area (Å²) in [6.07, 6.45) is 0.503. The van der Waals surface area contributed by atoms with E-state index < -0.39 is 0 Å². The van der Waals surface area contributed by atoms with Crippen molar-refractivity contribution in [3.8, 4) is 28.7 Å². The Kier molecular flexibility index (Phi) is 3.71. The molecule has 0 aromatic heterocycles. The summed E-state index contributed by atoms with van der Waals surface area (Å²) in [5, 5.41) is 19.5. The maximum atomic E-state index is 9.78. The van der Waals surface area contributed by atoms with E-state index in [0.29, 0.717) is 17.7 Å². The zero-order valence-electron chi connectivity index (χ0n) is 9.83. The van der Waals surface area contributed by atoms with Gasteiger partial charge in [0.2, 0.25) is 17.2 Å². The lowest BCUT2D eigenvalue weighted by Crippen LogP contribution is -1.99. The standard InChI is InChI=1S/C11H16O5/c1-5-6-7(12)8(13)10(15-3)11(16-4)9(6)14-2/h12-13H,5H2,1-4H3. The fraction of sp³-hybridized carbons (Fsp3) is 0.455. The van der Waals surface area contributed by atoms with Crippen molar-refractivity contribution in [1.29, 1.82) is 0 Å². The van der Waals surface area contributed by atoms with E-state index in [1.54, 1.807) is 0 Å². The van der Waals surface area contributed by atoms with Gasteiger partial charge in [0.25, 0.3) is 0 Å². The second kappa shape index (κ2) is 4.83. The molecule has 0 unspecified atom stereocenters. The summed E-state index contributed by atoms with van der Waals surface area (Å²) in [5.41, 5.74) is 0.484. The molecule has 0 aliphatic heterocycles. The average molecular weight is 228 g/mol. The molecule has 0 fully saturated rings. The fourth-order valence-electron chi connectivity index (χ4n) is 1.62. The molecule has 1 rings (SSSR count). The monoisotopic (exact) mass is 228 g/mol. The van der Waals surface area contributed by atoms with Gasteiger partial charge in [-0.2, -0.15) is 0 Å². The highest BCUT2D eigenvalue weighted by Crippen LogP contribution is 2.52. The van der Waals surface area contributed by atoms with Crippen molar-refractivity contribution >= 4 is 0 Å². The molecule has 5 nitrogen and oxygen atoms in total. The number of phenolic OH excluding ortho intramolecular Hbond substituents is 2. The molecule has 1 aromatic carbocycles. The summed E-state index contributed by atoms with van der Waals surface area (Å²) < 4.78 is 15.3. The first-order chi connectivity index (χ1) is 7.62. The predicted molar refractivity (Wildman–Crippen MR) is 58.8 cm³/mol. The minimum atomic E-state index is -0.336. The van der Waals surface area contributed by atoms with E-state index in [-0.39, 0.29) is 23.0 Å². The van der Waals surface area contributed by atoms with E-state index >= 15 is 0 Å². The number of phenols is 2. The van der Waals surface area contributed by atoms with Crippen molar-refractivity contribution in [3.63, 3.8) is 0 Å². The van der Waals surface area contributed by atoms with Gasteiger partial charge in [0, 0.05) is 5.56 Å². The summed E-state index contributed by atoms with van der Waals surface area (Å²) in [6.45, 7) is 1.84. The maximum absolute atomic E-state index is 9.78. The Labute approximate surface area is 94.2 Å². The Morgan fingerprint density at radius 3 is 1.69 bits per heavy atom. The topological polar surface area (TPSA) is 68.2 Å². The Hall–Kier alpha value is -1.78. The van der Waals surface area contributed by atoms with Crippen molar-refractivity contribution in [1.82, 2.24) is 0 Å². The zero-order valence-corrected chi connectivity index (χ0v) is 9.83. The van der Waals surface area contributed by atoms with Crippen LogP contribution in [0.15, 0.2) is 0 Å². The largest absolute Gasteiger partial charge is 0.504 e. The highest BCUT2D eigenvalue weighted by molar-refractivity contribution is 5.69. The normalized spacial score (nSPS) is 10.0. The van der Waals surface area contributed by atoms with E-state index in [0.717, 1.165) is 0 Å². The first kappa shape index (κ1) is 12.3. The number of hydrogen-bond acceptors (Lipinski definition) is 5. The molecule has 0 saturated carbocycles. The molecule has 0 spiro atoms. The quantitative estimate of drug-likeness (QED) is 0.767. The van der Waals surface area contributed by atoms with Crippen LogP contribution in [0.3, 0.4) is 0 Å². The van der Waals surface area contributed by atoms with Gasteiger partial charge in [0.05, 0.1) is 21.3 Å². The van der Waals surface area contributed by atoms with Gasteiger partial charge in [-0.25, -0.2) is 0 Å². The van der Waals surface area contributed by atoms with E-state index in [2.05, 4.69) is 0 Å². The third-order valence-electron chi connectivity index (χ3n) is 2.38. The van der Waals surface area contributed by atoms with Gasteiger partial charge in [-0.3, -0.25) is 0 Å². The van der Waals surface area contributed by atoms with Gasteiger partial charge < -0.3 is 24.4 Å². The highest BCUT2D eigenvalue weighted by atomic mass is 16.5. The first-order valence-corrected chi connectivity index (χ1v) is 4.84. The summed E-state index contributed by atoms with van der Waals surface area (Å²) >= 11 is 0. The van der Waals surface area contributed by atoms with Crippen LogP contribution >= 0.6 is 0 Å². The molecule has 5 heteroatoms. The van der Waals surface area contributed by atoms with Crippen LogP contribution in [-0.2, 0) is 6.42 Å². The molecule has 0 heterocycles. The molecule has 16 heavy (non-hydrogen) atoms. The Balaban J connectivity index is 3.61. The second-order valence-corrected chi connectivity index (χ2v) is 3.13. The van der Waals surface area contributed by atoms with E-state index in [9.17, 15) is 10.2 Å². The lowest BCUT2D eigenvalue weighted by molar-refractivity contribution is 0.297. The van der Waals surface area contributed by atoms with Crippen molar-refractivity contribution in [2.24, 2.45) is 0 Å². The first-order valence-electron chi connectivity index (χ1n) is 4.84. The molecule has 1 aromatic rings. The van der Waals surface area contributed by atoms with Gasteiger partial charge in [-0.1, -0.05) is 6.92 Å². The van der Waals surface area contributed by atoms with Crippen molar-refractivity contribution in [2.45, 2.75) is 13.3 Å². The smallest absolute Gasteiger partial charge is 0.211 e. The van der Waals surface area contributed by atoms with Crippen LogP contribution in [0.25, 0.3) is 0 Å². The van der Waals surface area contributed by atoms with Gasteiger partial charge in [-0.05, 0) is 6.42 Å². The Bertz CT molecular complexity index is 350. The number of hydrogen-bond donors (Lipinski definition) is 2. The molecular formula is C11H16O5. The van der Waals surface area contributed by atoms with Gasteiger partial charge >= 0.3 is 0 Å². The zero-order chi connectivity index (χ0) is 12.3. The van der Waals surface area contributed by atoms with Crippen molar-refractivity contribution in [2.75, 3.05) is 21.3 Å². The highest BCUT2D eigenvalue weighted by Gasteiger charge is 2.25. The predicted octanol–water partition coefficient (Wildman–Crippen LogP) is 1.69. The molecule has 0 saturated heterocycles. The fourth-order valence-corrected chi connectivity index (χ4v) is 1.62. The molecule has 90 valence electrons. The minimum absolute atomic E-state index is 0.0639. The number of ether oxygens (including phenoxy) is 3. The molecule has 0 radical (unpaired) electrons. The van der Waals surface area contributed by atoms with Crippen LogP contribution in [0.1, 0.15) is 12.5 Å². The van der Waals surface area contributed by atoms with Crippen molar-refractivity contribution < 1.29 is 24.4 Å². The number of aromatic hydroxyl groups is 2. The maximum Gasteiger partial charge on any atom is 0.211 e. The molecule has 0 aliphatic rings. The summed E-state index contributed by atoms with van der Waals surface area (Å²) in [7, 11) is 4.28. The molecular weight excluding hydrogens is 212 g/mol. The van der Waals surface area contributed by atoms with E-state index in [4.69, 9.17) is 14.2 Å².